The number of aromatic nitrogens is 2. The second-order valence-electron chi connectivity index (χ2n) is 8.09. The van der Waals surface area contributed by atoms with Gasteiger partial charge < -0.3 is 0 Å². The van der Waals surface area contributed by atoms with Crippen LogP contribution in [0.5, 0.6) is 0 Å². The zero-order chi connectivity index (χ0) is 20.3. The third-order valence-corrected chi connectivity index (χ3v) is 5.92. The van der Waals surface area contributed by atoms with E-state index in [9.17, 15) is 0 Å². The van der Waals surface area contributed by atoms with Crippen molar-refractivity contribution in [1.82, 2.24) is 9.97 Å². The van der Waals surface area contributed by atoms with Crippen LogP contribution in [0, 0.1) is 0 Å². The second-order valence-corrected chi connectivity index (χ2v) is 8.09. The van der Waals surface area contributed by atoms with E-state index in [1.807, 2.05) is 6.07 Å². The van der Waals surface area contributed by atoms with Crippen LogP contribution in [0.2, 0.25) is 0 Å². The van der Waals surface area contributed by atoms with Crippen LogP contribution in [-0.2, 0) is 6.42 Å². The smallest absolute Gasteiger partial charge is 0.0803 e. The molecule has 0 fully saturated rings. The second kappa shape index (κ2) is 8.23. The van der Waals surface area contributed by atoms with Crippen molar-refractivity contribution in [2.45, 2.75) is 39.0 Å². The van der Waals surface area contributed by atoms with Crippen molar-refractivity contribution in [2.75, 3.05) is 0 Å². The summed E-state index contributed by atoms with van der Waals surface area (Å²) in [5, 5.41) is 3.41. The van der Waals surface area contributed by atoms with Crippen LogP contribution in [-0.4, -0.2) is 9.97 Å². The van der Waals surface area contributed by atoms with Crippen molar-refractivity contribution in [3.05, 3.63) is 84.4 Å². The summed E-state index contributed by atoms with van der Waals surface area (Å²) in [6.07, 6.45) is 6.37. The highest BCUT2D eigenvalue weighted by Gasteiger charge is 2.08. The molecule has 5 aromatic rings. The molecule has 0 N–H and O–H groups in total. The SMILES string of the molecule is CCCCCCc1ccc(-c2ccc3ccc4nc5ccccc5cc4c3n2)cc1. The van der Waals surface area contributed by atoms with Gasteiger partial charge in [-0.15, -0.1) is 0 Å². The van der Waals surface area contributed by atoms with Crippen molar-refractivity contribution in [1.29, 1.82) is 0 Å². The predicted molar refractivity (Wildman–Crippen MR) is 128 cm³/mol. The van der Waals surface area contributed by atoms with E-state index in [1.165, 1.54) is 36.8 Å². The van der Waals surface area contributed by atoms with Crippen molar-refractivity contribution in [3.63, 3.8) is 0 Å². The largest absolute Gasteiger partial charge is 0.248 e. The van der Waals surface area contributed by atoms with Crippen LogP contribution in [0.4, 0.5) is 0 Å². The fourth-order valence-corrected chi connectivity index (χ4v) is 4.20. The first kappa shape index (κ1) is 18.7. The molecule has 2 aromatic heterocycles. The number of aryl methyl sites for hydroxylation is 1. The van der Waals surface area contributed by atoms with E-state index < -0.39 is 0 Å². The highest BCUT2D eigenvalue weighted by Crippen LogP contribution is 2.29. The molecule has 2 heteroatoms. The molecule has 0 aliphatic heterocycles. The average Bonchev–Trinajstić information content (AvgIpc) is 2.80. The van der Waals surface area contributed by atoms with Crippen LogP contribution in [0.3, 0.4) is 0 Å². The molecule has 0 amide bonds. The number of pyridine rings is 2. The normalized spacial score (nSPS) is 11.5. The third kappa shape index (κ3) is 3.66. The Kier molecular flexibility index (Phi) is 5.15. The summed E-state index contributed by atoms with van der Waals surface area (Å²) in [7, 11) is 0. The lowest BCUT2D eigenvalue weighted by atomic mass is 10.0. The monoisotopic (exact) mass is 390 g/mol. The number of benzene rings is 3. The lowest BCUT2D eigenvalue weighted by Crippen LogP contribution is -1.90. The van der Waals surface area contributed by atoms with E-state index in [0.29, 0.717) is 0 Å². The van der Waals surface area contributed by atoms with Gasteiger partial charge in [-0.05, 0) is 42.7 Å². The molecular weight excluding hydrogens is 364 g/mol. The summed E-state index contributed by atoms with van der Waals surface area (Å²) >= 11 is 0. The van der Waals surface area contributed by atoms with E-state index in [4.69, 9.17) is 9.97 Å². The molecule has 0 aliphatic carbocycles. The zero-order valence-corrected chi connectivity index (χ0v) is 17.4. The third-order valence-electron chi connectivity index (χ3n) is 5.92. The van der Waals surface area contributed by atoms with Gasteiger partial charge >= 0.3 is 0 Å². The maximum atomic E-state index is 5.06. The summed E-state index contributed by atoms with van der Waals surface area (Å²) in [6.45, 7) is 2.26. The van der Waals surface area contributed by atoms with E-state index in [2.05, 4.69) is 79.7 Å². The van der Waals surface area contributed by atoms with Crippen LogP contribution >= 0.6 is 0 Å². The average molecular weight is 391 g/mol. The number of nitrogens with zero attached hydrogens (tertiary/aromatic N) is 2. The van der Waals surface area contributed by atoms with Crippen molar-refractivity contribution in [2.24, 2.45) is 0 Å². The summed E-state index contributed by atoms with van der Waals surface area (Å²) in [6, 6.07) is 27.9. The number of hydrogen-bond acceptors (Lipinski definition) is 2. The highest BCUT2D eigenvalue weighted by molar-refractivity contribution is 6.08. The number of hydrogen-bond donors (Lipinski definition) is 0. The Balaban J connectivity index is 1.52. The maximum absolute atomic E-state index is 5.06. The Labute approximate surface area is 177 Å². The lowest BCUT2D eigenvalue weighted by molar-refractivity contribution is 0.667. The highest BCUT2D eigenvalue weighted by atomic mass is 14.7. The van der Waals surface area contributed by atoms with Crippen molar-refractivity contribution < 1.29 is 0 Å². The van der Waals surface area contributed by atoms with Gasteiger partial charge in [-0.25, -0.2) is 9.97 Å². The fraction of sp³-hybridized carbons (Fsp3) is 0.214. The van der Waals surface area contributed by atoms with Gasteiger partial charge in [0.1, 0.15) is 0 Å². The molecule has 30 heavy (non-hydrogen) atoms. The summed E-state index contributed by atoms with van der Waals surface area (Å²) < 4.78 is 0. The maximum Gasteiger partial charge on any atom is 0.0803 e. The van der Waals surface area contributed by atoms with Gasteiger partial charge in [0, 0.05) is 21.7 Å². The van der Waals surface area contributed by atoms with Gasteiger partial charge in [0.25, 0.3) is 0 Å². The number of unbranched alkanes of at least 4 members (excludes halogenated alkanes) is 3. The lowest BCUT2D eigenvalue weighted by Gasteiger charge is -2.08. The van der Waals surface area contributed by atoms with E-state index in [0.717, 1.165) is 44.8 Å². The Bertz CT molecular complexity index is 1320. The minimum atomic E-state index is 0.994. The Morgan fingerprint density at radius 1 is 0.667 bits per heavy atom. The minimum absolute atomic E-state index is 0.994. The molecule has 0 aliphatic rings. The molecule has 148 valence electrons. The molecule has 0 spiro atoms. The quantitative estimate of drug-likeness (QED) is 0.168. The fourth-order valence-electron chi connectivity index (χ4n) is 4.20. The predicted octanol–water partition coefficient (Wildman–Crippen LogP) is 7.73. The van der Waals surface area contributed by atoms with Crippen LogP contribution in [0.15, 0.2) is 78.9 Å². The Morgan fingerprint density at radius 3 is 2.37 bits per heavy atom. The van der Waals surface area contributed by atoms with Crippen LogP contribution in [0.1, 0.15) is 38.2 Å². The first-order valence-electron chi connectivity index (χ1n) is 11.0. The number of para-hydroxylation sites is 1. The standard InChI is InChI=1S/C28H26N2/c1-2-3-4-5-8-20-11-13-21(14-12-20)26-17-15-22-16-18-27-24(28(22)30-26)19-23-9-6-7-10-25(23)29-27/h6-7,9-19H,2-5,8H2,1H3. The van der Waals surface area contributed by atoms with Crippen LogP contribution < -0.4 is 0 Å². The van der Waals surface area contributed by atoms with Crippen LogP contribution in [0.25, 0.3) is 44.0 Å². The van der Waals surface area contributed by atoms with Crippen molar-refractivity contribution in [3.8, 4) is 11.3 Å². The number of fused-ring (bicyclic) bond motifs is 4. The summed E-state index contributed by atoms with van der Waals surface area (Å²) in [5.41, 5.74) is 6.63. The molecule has 0 atom stereocenters. The van der Waals surface area contributed by atoms with E-state index >= 15 is 0 Å². The van der Waals surface area contributed by atoms with Gasteiger partial charge in [0.15, 0.2) is 0 Å². The minimum Gasteiger partial charge on any atom is -0.248 e. The van der Waals surface area contributed by atoms with Gasteiger partial charge in [-0.2, -0.15) is 0 Å². The van der Waals surface area contributed by atoms with Gasteiger partial charge in [0.2, 0.25) is 0 Å². The first-order valence-corrected chi connectivity index (χ1v) is 11.0. The zero-order valence-electron chi connectivity index (χ0n) is 17.4. The van der Waals surface area contributed by atoms with Gasteiger partial charge in [0.05, 0.1) is 22.2 Å². The molecule has 3 aromatic carbocycles. The number of rotatable bonds is 6. The summed E-state index contributed by atoms with van der Waals surface area (Å²) in [5.74, 6) is 0. The molecule has 2 nitrogen and oxygen atoms in total. The molecule has 5 rings (SSSR count). The summed E-state index contributed by atoms with van der Waals surface area (Å²) in [4.78, 5) is 9.90. The van der Waals surface area contributed by atoms with E-state index in [-0.39, 0.29) is 0 Å². The van der Waals surface area contributed by atoms with E-state index in [1.54, 1.807) is 0 Å². The van der Waals surface area contributed by atoms with Gasteiger partial charge in [-0.3, -0.25) is 0 Å². The van der Waals surface area contributed by atoms with Gasteiger partial charge in [-0.1, -0.05) is 80.8 Å². The van der Waals surface area contributed by atoms with Crippen molar-refractivity contribution >= 4 is 32.7 Å². The Hall–Kier alpha value is -3.26. The first-order chi connectivity index (χ1) is 14.8. The Morgan fingerprint density at radius 2 is 1.50 bits per heavy atom. The molecule has 0 radical (unpaired) electrons. The molecule has 0 saturated carbocycles. The topological polar surface area (TPSA) is 25.8 Å². The molecule has 0 saturated heterocycles. The molecule has 2 heterocycles. The molecular formula is C28H26N2. The molecule has 0 bridgehead atoms. The molecule has 0 unspecified atom stereocenters.